The Morgan fingerprint density at radius 1 is 1.50 bits per heavy atom. The molecule has 8 nitrogen and oxygen atoms in total. The SMILES string of the molecule is CCOc1cc(C(=O)N(C)C2CCN(S(C)(=O)=O)CC2)[nH]n1. The first-order valence-corrected chi connectivity index (χ1v) is 9.08. The highest BCUT2D eigenvalue weighted by molar-refractivity contribution is 7.88. The van der Waals surface area contributed by atoms with Gasteiger partial charge < -0.3 is 9.64 Å². The van der Waals surface area contributed by atoms with Gasteiger partial charge in [-0.1, -0.05) is 0 Å². The van der Waals surface area contributed by atoms with Crippen molar-refractivity contribution in [3.8, 4) is 5.88 Å². The molecule has 1 aliphatic rings. The van der Waals surface area contributed by atoms with Gasteiger partial charge in [-0.2, -0.15) is 0 Å². The predicted octanol–water partition coefficient (Wildman–Crippen LogP) is 0.304. The van der Waals surface area contributed by atoms with Crippen molar-refractivity contribution in [2.45, 2.75) is 25.8 Å². The highest BCUT2D eigenvalue weighted by atomic mass is 32.2. The van der Waals surface area contributed by atoms with Crippen LogP contribution < -0.4 is 4.74 Å². The van der Waals surface area contributed by atoms with Crippen LogP contribution in [0.3, 0.4) is 0 Å². The molecule has 0 unspecified atom stereocenters. The number of ether oxygens (including phenoxy) is 1. The first kappa shape index (κ1) is 16.8. The molecule has 0 spiro atoms. The van der Waals surface area contributed by atoms with Crippen LogP contribution in [0.4, 0.5) is 0 Å². The van der Waals surface area contributed by atoms with Crippen LogP contribution >= 0.6 is 0 Å². The fourth-order valence-corrected chi connectivity index (χ4v) is 3.43. The van der Waals surface area contributed by atoms with E-state index in [-0.39, 0.29) is 11.9 Å². The highest BCUT2D eigenvalue weighted by Gasteiger charge is 2.29. The zero-order chi connectivity index (χ0) is 16.3. The van der Waals surface area contributed by atoms with Crippen molar-refractivity contribution in [2.24, 2.45) is 0 Å². The Bertz CT molecular complexity index is 620. The van der Waals surface area contributed by atoms with E-state index in [1.54, 1.807) is 18.0 Å². The molecule has 0 saturated carbocycles. The lowest BCUT2D eigenvalue weighted by Gasteiger charge is -2.35. The standard InChI is InChI=1S/C13H22N4O4S/c1-4-21-12-9-11(14-15-12)13(18)16(2)10-5-7-17(8-6-10)22(3,19)20/h9-10H,4-8H2,1-3H3,(H,14,15). The quantitative estimate of drug-likeness (QED) is 0.838. The number of hydrogen-bond acceptors (Lipinski definition) is 5. The van der Waals surface area contributed by atoms with Gasteiger partial charge in [0.2, 0.25) is 15.9 Å². The average Bonchev–Trinajstić information content (AvgIpc) is 2.94. The predicted molar refractivity (Wildman–Crippen MR) is 81.3 cm³/mol. The summed E-state index contributed by atoms with van der Waals surface area (Å²) in [7, 11) is -1.43. The van der Waals surface area contributed by atoms with Crippen LogP contribution in [0.1, 0.15) is 30.3 Å². The van der Waals surface area contributed by atoms with Gasteiger partial charge in [0.25, 0.3) is 5.91 Å². The van der Waals surface area contributed by atoms with Crippen LogP contribution in [-0.2, 0) is 10.0 Å². The van der Waals surface area contributed by atoms with Gasteiger partial charge in [0, 0.05) is 32.2 Å². The molecule has 124 valence electrons. The second-order valence-electron chi connectivity index (χ2n) is 5.36. The van der Waals surface area contributed by atoms with Crippen LogP contribution in [0, 0.1) is 0 Å². The number of nitrogens with zero attached hydrogens (tertiary/aromatic N) is 3. The molecule has 1 fully saturated rings. The summed E-state index contributed by atoms with van der Waals surface area (Å²) in [6.07, 6.45) is 2.46. The fourth-order valence-electron chi connectivity index (χ4n) is 2.55. The van der Waals surface area contributed by atoms with Crippen molar-refractivity contribution < 1.29 is 17.9 Å². The van der Waals surface area contributed by atoms with Crippen molar-refractivity contribution in [3.05, 3.63) is 11.8 Å². The van der Waals surface area contributed by atoms with Gasteiger partial charge in [0.1, 0.15) is 5.69 Å². The van der Waals surface area contributed by atoms with Crippen molar-refractivity contribution >= 4 is 15.9 Å². The number of sulfonamides is 1. The topological polar surface area (TPSA) is 95.6 Å². The lowest BCUT2D eigenvalue weighted by molar-refractivity contribution is 0.0676. The zero-order valence-corrected chi connectivity index (χ0v) is 13.9. The minimum Gasteiger partial charge on any atom is -0.477 e. The molecule has 0 aliphatic carbocycles. The van der Waals surface area contributed by atoms with E-state index < -0.39 is 10.0 Å². The molecule has 2 rings (SSSR count). The van der Waals surface area contributed by atoms with Crippen LogP contribution in [0.2, 0.25) is 0 Å². The Labute approximate surface area is 130 Å². The Hall–Kier alpha value is -1.61. The van der Waals surface area contributed by atoms with Crippen LogP contribution in [0.5, 0.6) is 5.88 Å². The third-order valence-corrected chi connectivity index (χ3v) is 5.14. The molecule has 0 radical (unpaired) electrons. The summed E-state index contributed by atoms with van der Waals surface area (Å²) in [5.74, 6) is 0.224. The molecule has 0 aromatic carbocycles. The van der Waals surface area contributed by atoms with Crippen LogP contribution in [-0.4, -0.2) is 72.8 Å². The van der Waals surface area contributed by atoms with E-state index in [4.69, 9.17) is 4.74 Å². The molecule has 0 atom stereocenters. The van der Waals surface area contributed by atoms with E-state index in [2.05, 4.69) is 10.2 Å². The summed E-state index contributed by atoms with van der Waals surface area (Å²) in [5, 5.41) is 6.59. The van der Waals surface area contributed by atoms with Crippen LogP contribution in [0.15, 0.2) is 6.07 Å². The lowest BCUT2D eigenvalue weighted by atomic mass is 10.1. The number of nitrogens with one attached hydrogen (secondary N) is 1. The molecular formula is C13H22N4O4S. The lowest BCUT2D eigenvalue weighted by Crippen LogP contribution is -2.47. The summed E-state index contributed by atoms with van der Waals surface area (Å²) in [5.41, 5.74) is 0.372. The maximum Gasteiger partial charge on any atom is 0.271 e. The van der Waals surface area contributed by atoms with Crippen LogP contribution in [0.25, 0.3) is 0 Å². The Kier molecular flexibility index (Phi) is 5.07. The molecule has 2 heterocycles. The normalized spacial score (nSPS) is 17.4. The molecule has 0 bridgehead atoms. The fraction of sp³-hybridized carbons (Fsp3) is 0.692. The molecule has 1 aromatic heterocycles. The van der Waals surface area contributed by atoms with E-state index in [9.17, 15) is 13.2 Å². The Balaban J connectivity index is 1.96. The molecule has 22 heavy (non-hydrogen) atoms. The molecular weight excluding hydrogens is 308 g/mol. The first-order valence-electron chi connectivity index (χ1n) is 7.23. The van der Waals surface area contributed by atoms with Gasteiger partial charge in [0.15, 0.2) is 0 Å². The summed E-state index contributed by atoms with van der Waals surface area (Å²) in [6, 6.07) is 1.60. The number of hydrogen-bond donors (Lipinski definition) is 1. The van der Waals surface area contributed by atoms with E-state index in [0.29, 0.717) is 44.1 Å². The van der Waals surface area contributed by atoms with Crippen molar-refractivity contribution in [1.82, 2.24) is 19.4 Å². The number of H-pyrrole nitrogens is 1. The van der Waals surface area contributed by atoms with Gasteiger partial charge in [-0.05, 0) is 19.8 Å². The monoisotopic (exact) mass is 330 g/mol. The minimum atomic E-state index is -3.15. The Morgan fingerprint density at radius 3 is 2.68 bits per heavy atom. The summed E-state index contributed by atoms with van der Waals surface area (Å²) >= 11 is 0. The number of piperidine rings is 1. The number of amides is 1. The van der Waals surface area contributed by atoms with E-state index in [0.717, 1.165) is 0 Å². The first-order chi connectivity index (χ1) is 10.3. The molecule has 1 aliphatic heterocycles. The van der Waals surface area contributed by atoms with Crippen molar-refractivity contribution in [1.29, 1.82) is 0 Å². The van der Waals surface area contributed by atoms with E-state index in [1.807, 2.05) is 6.92 Å². The summed E-state index contributed by atoms with van der Waals surface area (Å²) < 4.78 is 29.7. The van der Waals surface area contributed by atoms with E-state index in [1.165, 1.54) is 10.6 Å². The minimum absolute atomic E-state index is 0.0179. The second kappa shape index (κ2) is 6.66. The zero-order valence-electron chi connectivity index (χ0n) is 13.1. The second-order valence-corrected chi connectivity index (χ2v) is 7.34. The number of rotatable bonds is 5. The molecule has 1 aromatic rings. The molecule has 9 heteroatoms. The van der Waals surface area contributed by atoms with Crippen molar-refractivity contribution in [3.63, 3.8) is 0 Å². The van der Waals surface area contributed by atoms with Gasteiger partial charge >= 0.3 is 0 Å². The maximum absolute atomic E-state index is 12.4. The van der Waals surface area contributed by atoms with Gasteiger partial charge in [-0.15, -0.1) is 5.10 Å². The smallest absolute Gasteiger partial charge is 0.271 e. The number of aromatic amines is 1. The van der Waals surface area contributed by atoms with Gasteiger partial charge in [0.05, 0.1) is 12.9 Å². The highest BCUT2D eigenvalue weighted by Crippen LogP contribution is 2.19. The molecule has 1 N–H and O–H groups in total. The molecule has 1 amide bonds. The third kappa shape index (κ3) is 3.77. The average molecular weight is 330 g/mol. The van der Waals surface area contributed by atoms with Gasteiger partial charge in [-0.25, -0.2) is 12.7 Å². The summed E-state index contributed by atoms with van der Waals surface area (Å²) in [6.45, 7) is 3.21. The largest absolute Gasteiger partial charge is 0.477 e. The number of carbonyl (C=O) groups excluding carboxylic acids is 1. The van der Waals surface area contributed by atoms with E-state index >= 15 is 0 Å². The van der Waals surface area contributed by atoms with Crippen molar-refractivity contribution in [2.75, 3.05) is 33.0 Å². The maximum atomic E-state index is 12.4. The number of carbonyl (C=O) groups is 1. The van der Waals surface area contributed by atoms with Gasteiger partial charge in [-0.3, -0.25) is 9.89 Å². The Morgan fingerprint density at radius 2 is 2.14 bits per heavy atom. The summed E-state index contributed by atoms with van der Waals surface area (Å²) in [4.78, 5) is 14.0. The number of aromatic nitrogens is 2. The third-order valence-electron chi connectivity index (χ3n) is 3.84. The molecule has 1 saturated heterocycles.